The third kappa shape index (κ3) is 5.28. The van der Waals surface area contributed by atoms with Gasteiger partial charge in [-0.1, -0.05) is 35.5 Å². The van der Waals surface area contributed by atoms with Crippen molar-refractivity contribution in [1.29, 1.82) is 0 Å². The van der Waals surface area contributed by atoms with E-state index in [1.807, 2.05) is 35.2 Å². The summed E-state index contributed by atoms with van der Waals surface area (Å²) in [5.74, 6) is 1.77. The number of aromatic nitrogens is 2. The lowest BCUT2D eigenvalue weighted by atomic mass is 9.78. The Hall–Kier alpha value is -3.26. The number of carbonyl (C=O) groups is 1. The van der Waals surface area contributed by atoms with E-state index in [4.69, 9.17) is 14.0 Å². The van der Waals surface area contributed by atoms with Crippen LogP contribution in [0.5, 0.6) is 5.75 Å². The van der Waals surface area contributed by atoms with Crippen LogP contribution in [-0.4, -0.2) is 52.9 Å². The van der Waals surface area contributed by atoms with Crippen molar-refractivity contribution >= 4 is 5.91 Å². The zero-order chi connectivity index (χ0) is 23.4. The molecule has 5 rings (SSSR count). The first-order valence-electron chi connectivity index (χ1n) is 11.8. The van der Waals surface area contributed by atoms with Gasteiger partial charge in [-0.2, -0.15) is 4.98 Å². The zero-order valence-corrected chi connectivity index (χ0v) is 19.0. The molecule has 8 heteroatoms. The van der Waals surface area contributed by atoms with E-state index < -0.39 is 0 Å². The van der Waals surface area contributed by atoms with E-state index in [0.717, 1.165) is 37.7 Å². The molecule has 1 spiro atoms. The number of hydrogen-bond donors (Lipinski definition) is 0. The summed E-state index contributed by atoms with van der Waals surface area (Å²) in [5.41, 5.74) is 0.737. The third-order valence-corrected chi connectivity index (χ3v) is 6.76. The average molecular weight is 466 g/mol. The molecule has 0 N–H and O–H groups in total. The maximum atomic E-state index is 13.0. The highest BCUT2D eigenvalue weighted by molar-refractivity contribution is 5.77. The van der Waals surface area contributed by atoms with Gasteiger partial charge in [0.1, 0.15) is 11.6 Å². The van der Waals surface area contributed by atoms with E-state index in [-0.39, 0.29) is 23.9 Å². The Morgan fingerprint density at radius 2 is 1.88 bits per heavy atom. The smallest absolute Gasteiger partial charge is 0.260 e. The highest BCUT2D eigenvalue weighted by atomic mass is 19.1. The average Bonchev–Trinajstić information content (AvgIpc) is 3.33. The van der Waals surface area contributed by atoms with Crippen LogP contribution in [0.3, 0.4) is 0 Å². The van der Waals surface area contributed by atoms with Gasteiger partial charge in [0.05, 0.1) is 5.60 Å². The molecule has 3 aromatic rings. The molecule has 2 saturated heterocycles. The second kappa shape index (κ2) is 9.93. The highest BCUT2D eigenvalue weighted by Crippen LogP contribution is 2.38. The number of amides is 1. The molecule has 1 aromatic heterocycles. The summed E-state index contributed by atoms with van der Waals surface area (Å²) >= 11 is 0. The first-order chi connectivity index (χ1) is 16.6. The molecule has 34 heavy (non-hydrogen) atoms. The Labute approximate surface area is 197 Å². The van der Waals surface area contributed by atoms with Crippen molar-refractivity contribution in [3.8, 4) is 17.1 Å². The highest BCUT2D eigenvalue weighted by Gasteiger charge is 2.41. The van der Waals surface area contributed by atoms with Gasteiger partial charge < -0.3 is 18.9 Å². The van der Waals surface area contributed by atoms with Crippen molar-refractivity contribution in [2.45, 2.75) is 37.7 Å². The number of hydrogen-bond acceptors (Lipinski definition) is 6. The van der Waals surface area contributed by atoms with E-state index in [9.17, 15) is 9.18 Å². The topological polar surface area (TPSA) is 77.7 Å². The summed E-state index contributed by atoms with van der Waals surface area (Å²) in [6.07, 6.45) is 4.21. The summed E-state index contributed by atoms with van der Waals surface area (Å²) in [5, 5.41) is 4.14. The van der Waals surface area contributed by atoms with Crippen LogP contribution in [0.25, 0.3) is 11.4 Å². The second-order valence-electron chi connectivity index (χ2n) is 9.10. The van der Waals surface area contributed by atoms with E-state index in [1.54, 1.807) is 0 Å². The second-order valence-corrected chi connectivity index (χ2v) is 9.10. The number of benzene rings is 2. The van der Waals surface area contributed by atoms with E-state index >= 15 is 0 Å². The Kier molecular flexibility index (Phi) is 6.58. The Morgan fingerprint density at radius 3 is 2.65 bits per heavy atom. The van der Waals surface area contributed by atoms with Gasteiger partial charge in [-0.05, 0) is 55.9 Å². The molecule has 3 heterocycles. The first kappa shape index (κ1) is 22.5. The van der Waals surface area contributed by atoms with Crippen LogP contribution in [0, 0.1) is 11.7 Å². The molecule has 2 aromatic carbocycles. The lowest BCUT2D eigenvalue weighted by Crippen LogP contribution is -2.51. The molecule has 1 amide bonds. The van der Waals surface area contributed by atoms with Crippen LogP contribution in [0.15, 0.2) is 59.1 Å². The summed E-state index contributed by atoms with van der Waals surface area (Å²) in [4.78, 5) is 19.0. The molecule has 2 aliphatic rings. The normalized spacial score (nSPS) is 19.8. The number of piperidine rings is 1. The van der Waals surface area contributed by atoms with Crippen molar-refractivity contribution in [3.05, 3.63) is 66.3 Å². The summed E-state index contributed by atoms with van der Waals surface area (Å²) < 4.78 is 30.3. The lowest BCUT2D eigenvalue weighted by molar-refractivity contribution is -0.148. The summed E-state index contributed by atoms with van der Waals surface area (Å²) in [6.45, 7) is 1.92. The van der Waals surface area contributed by atoms with Gasteiger partial charge in [0.15, 0.2) is 6.61 Å². The predicted molar refractivity (Wildman–Crippen MR) is 123 cm³/mol. The fraction of sp³-hybridized carbons (Fsp3) is 0.423. The molecule has 178 valence electrons. The molecule has 1 atom stereocenters. The number of rotatable bonds is 6. The van der Waals surface area contributed by atoms with E-state index in [2.05, 4.69) is 10.1 Å². The quantitative estimate of drug-likeness (QED) is 0.541. The number of halogens is 1. The van der Waals surface area contributed by atoms with Crippen LogP contribution in [0.4, 0.5) is 4.39 Å². The van der Waals surface area contributed by atoms with Gasteiger partial charge in [-0.25, -0.2) is 4.39 Å². The minimum Gasteiger partial charge on any atom is -0.484 e. The third-order valence-electron chi connectivity index (χ3n) is 6.76. The largest absolute Gasteiger partial charge is 0.484 e. The van der Waals surface area contributed by atoms with Gasteiger partial charge in [0.25, 0.3) is 5.91 Å². The Balaban J connectivity index is 1.12. The Bertz CT molecular complexity index is 1090. The van der Waals surface area contributed by atoms with Gasteiger partial charge in [0, 0.05) is 31.7 Å². The van der Waals surface area contributed by atoms with E-state index in [0.29, 0.717) is 43.1 Å². The van der Waals surface area contributed by atoms with Crippen LogP contribution in [0.1, 0.15) is 31.6 Å². The molecule has 0 radical (unpaired) electrons. The predicted octanol–water partition coefficient (Wildman–Crippen LogP) is 4.29. The van der Waals surface area contributed by atoms with Crippen LogP contribution in [-0.2, 0) is 16.0 Å². The zero-order valence-electron chi connectivity index (χ0n) is 19.0. The number of likely N-dealkylation sites (tertiary alicyclic amines) is 1. The van der Waals surface area contributed by atoms with Gasteiger partial charge in [0.2, 0.25) is 11.7 Å². The van der Waals surface area contributed by atoms with Gasteiger partial charge in [-0.15, -0.1) is 0 Å². The van der Waals surface area contributed by atoms with Crippen molar-refractivity contribution < 1.29 is 23.2 Å². The fourth-order valence-electron chi connectivity index (χ4n) is 4.87. The molecule has 2 fully saturated rings. The number of carbonyl (C=O) groups excluding carboxylic acids is 1. The molecule has 7 nitrogen and oxygen atoms in total. The van der Waals surface area contributed by atoms with Gasteiger partial charge in [-0.3, -0.25) is 4.79 Å². The SMILES string of the molecule is O=C(COc1ccc(F)cc1)N1CCC2(CC1)CC(Cc1nc(-c3ccccc3)no1)CCO2. The molecule has 0 aliphatic carbocycles. The van der Waals surface area contributed by atoms with E-state index in [1.165, 1.54) is 24.3 Å². The molecule has 1 unspecified atom stereocenters. The van der Waals surface area contributed by atoms with Crippen LogP contribution < -0.4 is 4.74 Å². The van der Waals surface area contributed by atoms with Crippen molar-refractivity contribution in [1.82, 2.24) is 15.0 Å². The molecule has 2 aliphatic heterocycles. The van der Waals surface area contributed by atoms with Crippen LogP contribution >= 0.6 is 0 Å². The van der Waals surface area contributed by atoms with Gasteiger partial charge >= 0.3 is 0 Å². The fourth-order valence-corrected chi connectivity index (χ4v) is 4.87. The molecule has 0 bridgehead atoms. The molecular formula is C26H28FN3O4. The maximum absolute atomic E-state index is 13.0. The summed E-state index contributed by atoms with van der Waals surface area (Å²) in [7, 11) is 0. The summed E-state index contributed by atoms with van der Waals surface area (Å²) in [6, 6.07) is 15.5. The van der Waals surface area contributed by atoms with Crippen molar-refractivity contribution in [2.75, 3.05) is 26.3 Å². The molecular weight excluding hydrogens is 437 g/mol. The monoisotopic (exact) mass is 465 g/mol. The van der Waals surface area contributed by atoms with Crippen molar-refractivity contribution in [2.24, 2.45) is 5.92 Å². The lowest BCUT2D eigenvalue weighted by Gasteiger charge is -2.46. The number of nitrogens with zero attached hydrogens (tertiary/aromatic N) is 3. The Morgan fingerprint density at radius 1 is 1.12 bits per heavy atom. The molecule has 0 saturated carbocycles. The van der Waals surface area contributed by atoms with Crippen molar-refractivity contribution in [3.63, 3.8) is 0 Å². The minimum absolute atomic E-state index is 0.0526. The van der Waals surface area contributed by atoms with Crippen LogP contribution in [0.2, 0.25) is 0 Å². The maximum Gasteiger partial charge on any atom is 0.260 e. The number of ether oxygens (including phenoxy) is 2. The first-order valence-corrected chi connectivity index (χ1v) is 11.8. The minimum atomic E-state index is -0.332. The standard InChI is InChI=1S/C26H28FN3O4/c27-21-6-8-22(9-7-21)32-18-24(31)30-13-11-26(12-14-30)17-19(10-15-33-26)16-23-28-25(29-34-23)20-4-2-1-3-5-20/h1-9,19H,10-18H2.